The summed E-state index contributed by atoms with van der Waals surface area (Å²) in [5, 5.41) is 12.7. The SMILES string of the molecule is O=C1N[C@@H](Cc2ccccc2)COC(=O)[C@@H](Cc2ccccc2)CCC=CC[C@@H]1CC(=O)N(CCO)Cc1ccccc1. The third-order valence-corrected chi connectivity index (χ3v) is 7.76. The van der Waals surface area contributed by atoms with Gasteiger partial charge in [0.2, 0.25) is 11.8 Å². The number of cyclic esters (lactones) is 1. The van der Waals surface area contributed by atoms with Crippen molar-refractivity contribution in [2.75, 3.05) is 19.8 Å². The van der Waals surface area contributed by atoms with Gasteiger partial charge in [0.15, 0.2) is 0 Å². The Morgan fingerprint density at radius 3 is 2.05 bits per heavy atom. The molecule has 226 valence electrons. The highest BCUT2D eigenvalue weighted by atomic mass is 16.5. The van der Waals surface area contributed by atoms with Crippen LogP contribution in [0.1, 0.15) is 42.4 Å². The number of esters is 1. The van der Waals surface area contributed by atoms with E-state index in [2.05, 4.69) is 5.32 Å². The van der Waals surface area contributed by atoms with Gasteiger partial charge in [-0.1, -0.05) is 103 Å². The summed E-state index contributed by atoms with van der Waals surface area (Å²) in [6, 6.07) is 28.9. The van der Waals surface area contributed by atoms with Gasteiger partial charge in [0.1, 0.15) is 6.61 Å². The normalized spacial score (nSPS) is 19.7. The lowest BCUT2D eigenvalue weighted by atomic mass is 9.94. The molecule has 0 aromatic heterocycles. The predicted octanol–water partition coefficient (Wildman–Crippen LogP) is 4.88. The molecule has 0 spiro atoms. The smallest absolute Gasteiger partial charge is 0.309 e. The molecular formula is C36H42N2O5. The van der Waals surface area contributed by atoms with E-state index in [1.807, 2.05) is 103 Å². The summed E-state index contributed by atoms with van der Waals surface area (Å²) in [6.45, 7) is 0.431. The Bertz CT molecular complexity index is 1310. The molecule has 7 heteroatoms. The molecule has 0 radical (unpaired) electrons. The van der Waals surface area contributed by atoms with Gasteiger partial charge in [0.05, 0.1) is 24.5 Å². The molecule has 1 heterocycles. The molecule has 43 heavy (non-hydrogen) atoms. The number of allylic oxidation sites excluding steroid dienone is 2. The van der Waals surface area contributed by atoms with Gasteiger partial charge in [-0.25, -0.2) is 0 Å². The van der Waals surface area contributed by atoms with Gasteiger partial charge in [-0.3, -0.25) is 14.4 Å². The standard InChI is InChI=1S/C36H42N2O5/c39-22-21-38(26-30-17-9-3-10-18-30)34(40)25-31-19-11-4-12-20-32(23-28-13-5-1-6-14-28)36(42)43-27-33(37-35(31)41)24-29-15-7-2-8-16-29/h1-11,13-18,31-33,39H,12,19-27H2,(H,37,41)/t31-,32-,33+/m1/s1. The third-order valence-electron chi connectivity index (χ3n) is 7.76. The highest BCUT2D eigenvalue weighted by Gasteiger charge is 2.28. The lowest BCUT2D eigenvalue weighted by Crippen LogP contribution is -2.45. The summed E-state index contributed by atoms with van der Waals surface area (Å²) < 4.78 is 5.85. The van der Waals surface area contributed by atoms with Crippen molar-refractivity contribution in [3.63, 3.8) is 0 Å². The second-order valence-electron chi connectivity index (χ2n) is 11.1. The number of nitrogens with one attached hydrogen (secondary N) is 1. The summed E-state index contributed by atoms with van der Waals surface area (Å²) >= 11 is 0. The Labute approximate surface area is 254 Å². The number of carbonyl (C=O) groups is 3. The minimum absolute atomic E-state index is 0.0114. The highest BCUT2D eigenvalue weighted by molar-refractivity contribution is 5.86. The van der Waals surface area contributed by atoms with Crippen LogP contribution in [0.15, 0.2) is 103 Å². The van der Waals surface area contributed by atoms with Crippen molar-refractivity contribution in [3.05, 3.63) is 120 Å². The molecule has 3 aromatic carbocycles. The number of amides is 2. The highest BCUT2D eigenvalue weighted by Crippen LogP contribution is 2.20. The topological polar surface area (TPSA) is 95.9 Å². The molecule has 3 aromatic rings. The number of hydrogen-bond acceptors (Lipinski definition) is 5. The molecule has 0 unspecified atom stereocenters. The molecular weight excluding hydrogens is 540 g/mol. The zero-order chi connectivity index (χ0) is 30.3. The van der Waals surface area contributed by atoms with E-state index in [1.54, 1.807) is 4.90 Å². The molecule has 1 aliphatic heterocycles. The van der Waals surface area contributed by atoms with Gasteiger partial charge in [0, 0.05) is 19.5 Å². The first-order chi connectivity index (χ1) is 21.0. The zero-order valence-corrected chi connectivity index (χ0v) is 24.6. The van der Waals surface area contributed by atoms with Gasteiger partial charge in [-0.15, -0.1) is 0 Å². The van der Waals surface area contributed by atoms with Gasteiger partial charge < -0.3 is 20.1 Å². The van der Waals surface area contributed by atoms with Crippen LogP contribution in [-0.4, -0.2) is 53.6 Å². The van der Waals surface area contributed by atoms with E-state index in [-0.39, 0.29) is 49.9 Å². The Morgan fingerprint density at radius 1 is 0.814 bits per heavy atom. The maximum atomic E-state index is 13.7. The maximum Gasteiger partial charge on any atom is 0.309 e. The van der Waals surface area contributed by atoms with Gasteiger partial charge >= 0.3 is 5.97 Å². The Hall–Kier alpha value is -4.23. The van der Waals surface area contributed by atoms with Crippen molar-refractivity contribution >= 4 is 17.8 Å². The summed E-state index contributed by atoms with van der Waals surface area (Å²) in [5.74, 6) is -1.61. The number of rotatable bonds is 10. The van der Waals surface area contributed by atoms with Gasteiger partial charge in [-0.2, -0.15) is 0 Å². The van der Waals surface area contributed by atoms with E-state index in [9.17, 15) is 19.5 Å². The van der Waals surface area contributed by atoms with E-state index in [0.29, 0.717) is 38.6 Å². The number of benzene rings is 3. The van der Waals surface area contributed by atoms with E-state index < -0.39 is 12.0 Å². The fraction of sp³-hybridized carbons (Fsp3) is 0.361. The van der Waals surface area contributed by atoms with Crippen LogP contribution < -0.4 is 5.32 Å². The first-order valence-electron chi connectivity index (χ1n) is 15.1. The molecule has 0 saturated heterocycles. The summed E-state index contributed by atoms with van der Waals surface area (Å²) in [6.07, 6.45) is 6.70. The van der Waals surface area contributed by atoms with Crippen LogP contribution in [0.3, 0.4) is 0 Å². The number of hydrogen-bond donors (Lipinski definition) is 2. The summed E-state index contributed by atoms with van der Waals surface area (Å²) in [7, 11) is 0. The average Bonchev–Trinajstić information content (AvgIpc) is 3.03. The van der Waals surface area contributed by atoms with E-state index in [1.165, 1.54) is 0 Å². The van der Waals surface area contributed by atoms with Crippen LogP contribution in [0.5, 0.6) is 0 Å². The van der Waals surface area contributed by atoms with Crippen molar-refractivity contribution in [1.29, 1.82) is 0 Å². The number of carbonyl (C=O) groups excluding carboxylic acids is 3. The first kappa shape index (κ1) is 31.7. The largest absolute Gasteiger partial charge is 0.463 e. The van der Waals surface area contributed by atoms with E-state index >= 15 is 0 Å². The quantitative estimate of drug-likeness (QED) is 0.262. The molecule has 7 nitrogen and oxygen atoms in total. The van der Waals surface area contributed by atoms with Crippen molar-refractivity contribution in [2.24, 2.45) is 11.8 Å². The van der Waals surface area contributed by atoms with Crippen molar-refractivity contribution < 1.29 is 24.2 Å². The lowest BCUT2D eigenvalue weighted by Gasteiger charge is -2.26. The maximum absolute atomic E-state index is 13.7. The molecule has 3 atom stereocenters. The molecule has 0 bridgehead atoms. The number of nitrogens with zero attached hydrogens (tertiary/aromatic N) is 1. The minimum Gasteiger partial charge on any atom is -0.463 e. The first-order valence-corrected chi connectivity index (χ1v) is 15.1. The lowest BCUT2D eigenvalue weighted by molar-refractivity contribution is -0.150. The zero-order valence-electron chi connectivity index (χ0n) is 24.6. The minimum atomic E-state index is -0.601. The summed E-state index contributed by atoms with van der Waals surface area (Å²) in [4.78, 5) is 42.0. The molecule has 4 rings (SSSR count). The number of aliphatic hydroxyl groups excluding tert-OH is 1. The van der Waals surface area contributed by atoms with Crippen LogP contribution in [0, 0.1) is 11.8 Å². The second-order valence-corrected chi connectivity index (χ2v) is 11.1. The Balaban J connectivity index is 1.52. The Kier molecular flexibility index (Phi) is 12.5. The third kappa shape index (κ3) is 10.5. The fourth-order valence-electron chi connectivity index (χ4n) is 5.39. The van der Waals surface area contributed by atoms with Gasteiger partial charge in [-0.05, 0) is 48.8 Å². The predicted molar refractivity (Wildman–Crippen MR) is 167 cm³/mol. The number of aliphatic hydroxyl groups is 1. The number of ether oxygens (including phenoxy) is 1. The molecule has 0 aliphatic carbocycles. The average molecular weight is 583 g/mol. The molecule has 2 amide bonds. The van der Waals surface area contributed by atoms with Gasteiger partial charge in [0.25, 0.3) is 0 Å². The van der Waals surface area contributed by atoms with Crippen LogP contribution >= 0.6 is 0 Å². The molecule has 0 saturated carbocycles. The van der Waals surface area contributed by atoms with Crippen LogP contribution in [0.25, 0.3) is 0 Å². The van der Waals surface area contributed by atoms with E-state index in [4.69, 9.17) is 4.74 Å². The summed E-state index contributed by atoms with van der Waals surface area (Å²) in [5.41, 5.74) is 3.05. The van der Waals surface area contributed by atoms with E-state index in [0.717, 1.165) is 16.7 Å². The molecule has 2 N–H and O–H groups in total. The van der Waals surface area contributed by atoms with Crippen molar-refractivity contribution in [1.82, 2.24) is 10.2 Å². The van der Waals surface area contributed by atoms with Crippen LogP contribution in [0.4, 0.5) is 0 Å². The second kappa shape index (κ2) is 17.0. The monoisotopic (exact) mass is 582 g/mol. The van der Waals surface area contributed by atoms with Crippen molar-refractivity contribution in [3.8, 4) is 0 Å². The van der Waals surface area contributed by atoms with Crippen LogP contribution in [-0.2, 0) is 38.5 Å². The Morgan fingerprint density at radius 2 is 1.42 bits per heavy atom. The van der Waals surface area contributed by atoms with Crippen LogP contribution in [0.2, 0.25) is 0 Å². The fourth-order valence-corrected chi connectivity index (χ4v) is 5.39. The molecule has 1 aliphatic rings. The molecule has 0 fully saturated rings. The van der Waals surface area contributed by atoms with Crippen molar-refractivity contribution in [2.45, 2.75) is 51.1 Å².